The Morgan fingerprint density at radius 2 is 2.00 bits per heavy atom. The summed E-state index contributed by atoms with van der Waals surface area (Å²) in [5, 5.41) is 29.4. The molecule has 0 saturated heterocycles. The van der Waals surface area contributed by atoms with Gasteiger partial charge in [0.05, 0.1) is 18.1 Å². The van der Waals surface area contributed by atoms with Crippen LogP contribution in [0.3, 0.4) is 0 Å². The lowest BCUT2D eigenvalue weighted by Gasteiger charge is -2.34. The Morgan fingerprint density at radius 1 is 1.40 bits per heavy atom. The number of hydrogen-bond acceptors (Lipinski definition) is 5. The number of benzene rings is 1. The molecule has 0 bridgehead atoms. The van der Waals surface area contributed by atoms with Crippen molar-refractivity contribution < 1.29 is 15.1 Å². The van der Waals surface area contributed by atoms with Crippen LogP contribution in [-0.2, 0) is 0 Å². The molecule has 20 heavy (non-hydrogen) atoms. The van der Waals surface area contributed by atoms with Gasteiger partial charge in [0, 0.05) is 30.1 Å². The number of non-ortho nitro benzene ring substituents is 1. The Balaban J connectivity index is 2.86. The van der Waals surface area contributed by atoms with Gasteiger partial charge in [-0.1, -0.05) is 19.1 Å². The van der Waals surface area contributed by atoms with Crippen molar-refractivity contribution in [3.8, 4) is 0 Å². The molecule has 1 aromatic carbocycles. The van der Waals surface area contributed by atoms with E-state index in [-0.39, 0.29) is 24.9 Å². The summed E-state index contributed by atoms with van der Waals surface area (Å²) in [4.78, 5) is 12.3. The van der Waals surface area contributed by atoms with Crippen LogP contribution in [-0.4, -0.2) is 46.8 Å². The zero-order valence-corrected chi connectivity index (χ0v) is 12.1. The summed E-state index contributed by atoms with van der Waals surface area (Å²) in [7, 11) is 1.87. The monoisotopic (exact) mass is 282 g/mol. The number of aliphatic hydroxyl groups excluding tert-OH is 2. The fourth-order valence-corrected chi connectivity index (χ4v) is 2.04. The van der Waals surface area contributed by atoms with Crippen molar-refractivity contribution in [1.82, 2.24) is 4.90 Å². The van der Waals surface area contributed by atoms with Gasteiger partial charge in [0.1, 0.15) is 0 Å². The minimum Gasteiger partial charge on any atom is -0.396 e. The van der Waals surface area contributed by atoms with Crippen molar-refractivity contribution in [3.05, 3.63) is 39.9 Å². The van der Waals surface area contributed by atoms with Crippen molar-refractivity contribution in [2.45, 2.75) is 19.9 Å². The molecule has 0 spiro atoms. The number of aliphatic hydroxyl groups is 2. The molecule has 6 nitrogen and oxygen atoms in total. The SMILES string of the molecule is CC(c1cccc([N+](=O)[O-])c1)N(C)CC(C)(CO)CO. The van der Waals surface area contributed by atoms with Crippen LogP contribution in [0, 0.1) is 15.5 Å². The molecule has 0 aromatic heterocycles. The minimum atomic E-state index is -0.594. The summed E-state index contributed by atoms with van der Waals surface area (Å²) >= 11 is 0. The van der Waals surface area contributed by atoms with E-state index in [2.05, 4.69) is 0 Å². The molecule has 0 radical (unpaired) electrons. The van der Waals surface area contributed by atoms with Crippen molar-refractivity contribution in [1.29, 1.82) is 0 Å². The highest BCUT2D eigenvalue weighted by Crippen LogP contribution is 2.26. The van der Waals surface area contributed by atoms with Crippen LogP contribution in [0.4, 0.5) is 5.69 Å². The Hall–Kier alpha value is -1.50. The molecule has 0 amide bonds. The van der Waals surface area contributed by atoms with Gasteiger partial charge >= 0.3 is 0 Å². The van der Waals surface area contributed by atoms with E-state index in [1.807, 2.05) is 24.9 Å². The van der Waals surface area contributed by atoms with Gasteiger partial charge in [-0.05, 0) is 19.5 Å². The van der Waals surface area contributed by atoms with E-state index in [0.29, 0.717) is 6.54 Å². The summed E-state index contributed by atoms with van der Waals surface area (Å²) in [5.74, 6) is 0. The van der Waals surface area contributed by atoms with E-state index < -0.39 is 10.3 Å². The number of hydrogen-bond donors (Lipinski definition) is 2. The lowest BCUT2D eigenvalue weighted by atomic mass is 9.91. The Kier molecular flexibility index (Phi) is 5.62. The molecule has 1 rings (SSSR count). The summed E-state index contributed by atoms with van der Waals surface area (Å²) < 4.78 is 0. The molecular formula is C14H22N2O4. The third-order valence-corrected chi connectivity index (χ3v) is 3.62. The molecule has 0 heterocycles. The maximum absolute atomic E-state index is 10.8. The van der Waals surface area contributed by atoms with Crippen molar-refractivity contribution in [2.75, 3.05) is 26.8 Å². The lowest BCUT2D eigenvalue weighted by molar-refractivity contribution is -0.384. The van der Waals surface area contributed by atoms with E-state index in [9.17, 15) is 20.3 Å². The Bertz CT molecular complexity index is 460. The number of nitro groups is 1. The molecule has 1 aromatic rings. The van der Waals surface area contributed by atoms with Crippen LogP contribution in [0.1, 0.15) is 25.5 Å². The Morgan fingerprint density at radius 3 is 2.50 bits per heavy atom. The highest BCUT2D eigenvalue weighted by atomic mass is 16.6. The maximum atomic E-state index is 10.8. The molecular weight excluding hydrogens is 260 g/mol. The summed E-state index contributed by atoms with van der Waals surface area (Å²) in [5.41, 5.74) is 0.304. The maximum Gasteiger partial charge on any atom is 0.269 e. The summed E-state index contributed by atoms with van der Waals surface area (Å²) in [6.45, 7) is 3.99. The summed E-state index contributed by atoms with van der Waals surface area (Å²) in [6, 6.07) is 6.46. The smallest absolute Gasteiger partial charge is 0.269 e. The fraction of sp³-hybridized carbons (Fsp3) is 0.571. The van der Waals surface area contributed by atoms with Crippen molar-refractivity contribution in [2.24, 2.45) is 5.41 Å². The predicted octanol–water partition coefficient (Wildman–Crippen LogP) is 1.58. The Labute approximate surface area is 118 Å². The largest absolute Gasteiger partial charge is 0.396 e. The molecule has 0 fully saturated rings. The molecule has 112 valence electrons. The topological polar surface area (TPSA) is 86.8 Å². The predicted molar refractivity (Wildman–Crippen MR) is 76.4 cm³/mol. The zero-order chi connectivity index (χ0) is 15.3. The van der Waals surface area contributed by atoms with Crippen LogP contribution in [0.2, 0.25) is 0 Å². The molecule has 1 unspecified atom stereocenters. The first-order chi connectivity index (χ1) is 9.33. The van der Waals surface area contributed by atoms with Gasteiger partial charge in [-0.15, -0.1) is 0 Å². The second kappa shape index (κ2) is 6.78. The summed E-state index contributed by atoms with van der Waals surface area (Å²) in [6.07, 6.45) is 0. The third kappa shape index (κ3) is 4.00. The molecule has 0 saturated carbocycles. The molecule has 6 heteroatoms. The van der Waals surface area contributed by atoms with Crippen LogP contribution in [0.25, 0.3) is 0 Å². The van der Waals surface area contributed by atoms with Gasteiger partial charge in [-0.3, -0.25) is 15.0 Å². The van der Waals surface area contributed by atoms with E-state index in [4.69, 9.17) is 0 Å². The fourth-order valence-electron chi connectivity index (χ4n) is 2.04. The standard InChI is InChI=1S/C14H22N2O4/c1-11(15(3)8-14(2,9-17)10-18)12-5-4-6-13(7-12)16(19)20/h4-7,11,17-18H,8-10H2,1-3H3. The van der Waals surface area contributed by atoms with Gasteiger partial charge in [0.15, 0.2) is 0 Å². The molecule has 0 aliphatic heterocycles. The first kappa shape index (κ1) is 16.6. The normalized spacial score (nSPS) is 13.5. The van der Waals surface area contributed by atoms with Gasteiger partial charge in [-0.2, -0.15) is 0 Å². The lowest BCUT2D eigenvalue weighted by Crippen LogP contribution is -2.40. The zero-order valence-electron chi connectivity index (χ0n) is 12.1. The van der Waals surface area contributed by atoms with E-state index in [1.54, 1.807) is 19.1 Å². The van der Waals surface area contributed by atoms with Gasteiger partial charge < -0.3 is 10.2 Å². The second-order valence-electron chi connectivity index (χ2n) is 5.57. The van der Waals surface area contributed by atoms with Crippen molar-refractivity contribution >= 4 is 5.69 Å². The van der Waals surface area contributed by atoms with Crippen LogP contribution in [0.15, 0.2) is 24.3 Å². The second-order valence-corrected chi connectivity index (χ2v) is 5.57. The van der Waals surface area contributed by atoms with Gasteiger partial charge in [-0.25, -0.2) is 0 Å². The van der Waals surface area contributed by atoms with Crippen LogP contribution < -0.4 is 0 Å². The van der Waals surface area contributed by atoms with E-state index in [1.165, 1.54) is 6.07 Å². The minimum absolute atomic E-state index is 0.0488. The highest BCUT2D eigenvalue weighted by Gasteiger charge is 2.27. The number of nitrogens with zero attached hydrogens (tertiary/aromatic N) is 2. The quantitative estimate of drug-likeness (QED) is 0.585. The average molecular weight is 282 g/mol. The average Bonchev–Trinajstić information content (AvgIpc) is 2.46. The van der Waals surface area contributed by atoms with Gasteiger partial charge in [0.25, 0.3) is 5.69 Å². The number of rotatable bonds is 7. The third-order valence-electron chi connectivity index (χ3n) is 3.62. The molecule has 2 N–H and O–H groups in total. The first-order valence-electron chi connectivity index (χ1n) is 6.49. The van der Waals surface area contributed by atoms with E-state index >= 15 is 0 Å². The number of nitro benzene ring substituents is 1. The first-order valence-corrected chi connectivity index (χ1v) is 6.49. The van der Waals surface area contributed by atoms with E-state index in [0.717, 1.165) is 5.56 Å². The van der Waals surface area contributed by atoms with Crippen molar-refractivity contribution in [3.63, 3.8) is 0 Å². The van der Waals surface area contributed by atoms with Crippen LogP contribution >= 0.6 is 0 Å². The highest BCUT2D eigenvalue weighted by molar-refractivity contribution is 5.35. The molecule has 0 aliphatic rings. The van der Waals surface area contributed by atoms with Crippen LogP contribution in [0.5, 0.6) is 0 Å². The molecule has 1 atom stereocenters. The molecule has 0 aliphatic carbocycles. The van der Waals surface area contributed by atoms with Gasteiger partial charge in [0.2, 0.25) is 0 Å².